The van der Waals surface area contributed by atoms with Crippen LogP contribution >= 0.6 is 0 Å². The molecule has 1 saturated heterocycles. The van der Waals surface area contributed by atoms with Crippen molar-refractivity contribution in [1.29, 1.82) is 0 Å². The van der Waals surface area contributed by atoms with Crippen molar-refractivity contribution < 1.29 is 18.7 Å². The summed E-state index contributed by atoms with van der Waals surface area (Å²) in [5.74, 6) is 0.368. The largest absolute Gasteiger partial charge is 0.444 e. The van der Waals surface area contributed by atoms with Crippen molar-refractivity contribution in [2.75, 3.05) is 13.1 Å². The SMILES string of the molecule is CC(C)(C)OC(=O)N1C[C@@H]2[C@H](C1)[C@H]2C(=O)NC(C)(C)c1ncc2c(F)cccn12. The highest BCUT2D eigenvalue weighted by molar-refractivity contribution is 5.84. The lowest BCUT2D eigenvalue weighted by Crippen LogP contribution is -2.45. The fourth-order valence-electron chi connectivity index (χ4n) is 4.29. The summed E-state index contributed by atoms with van der Waals surface area (Å²) in [6.45, 7) is 10.3. The lowest BCUT2D eigenvalue weighted by atomic mass is 10.0. The predicted molar refractivity (Wildman–Crippen MR) is 105 cm³/mol. The van der Waals surface area contributed by atoms with Crippen molar-refractivity contribution in [3.63, 3.8) is 0 Å². The number of hydrogen-bond acceptors (Lipinski definition) is 4. The van der Waals surface area contributed by atoms with E-state index in [2.05, 4.69) is 10.3 Å². The maximum absolute atomic E-state index is 14.0. The van der Waals surface area contributed by atoms with Crippen molar-refractivity contribution in [2.45, 2.75) is 45.8 Å². The average molecular weight is 402 g/mol. The van der Waals surface area contributed by atoms with E-state index in [1.165, 1.54) is 12.3 Å². The second kappa shape index (κ2) is 6.43. The van der Waals surface area contributed by atoms with Gasteiger partial charge in [0.2, 0.25) is 5.91 Å². The predicted octanol–water partition coefficient (Wildman–Crippen LogP) is 2.94. The second-order valence-electron chi connectivity index (χ2n) is 9.55. The molecule has 0 radical (unpaired) electrons. The topological polar surface area (TPSA) is 75.9 Å². The number of hydrogen-bond donors (Lipinski definition) is 1. The van der Waals surface area contributed by atoms with Gasteiger partial charge in [-0.1, -0.05) is 0 Å². The first-order valence-electron chi connectivity index (χ1n) is 9.90. The molecule has 4 rings (SSSR count). The monoisotopic (exact) mass is 402 g/mol. The van der Waals surface area contributed by atoms with Gasteiger partial charge in [0.25, 0.3) is 0 Å². The van der Waals surface area contributed by atoms with E-state index in [0.29, 0.717) is 24.4 Å². The fourth-order valence-corrected chi connectivity index (χ4v) is 4.29. The van der Waals surface area contributed by atoms with Gasteiger partial charge in [-0.2, -0.15) is 0 Å². The minimum absolute atomic E-state index is 0.0537. The third-order valence-electron chi connectivity index (χ3n) is 5.66. The van der Waals surface area contributed by atoms with Crippen LogP contribution in [0, 0.1) is 23.6 Å². The van der Waals surface area contributed by atoms with Crippen LogP contribution in [0.5, 0.6) is 0 Å². The second-order valence-corrected chi connectivity index (χ2v) is 9.55. The number of carbonyl (C=O) groups excluding carboxylic acids is 2. The Bertz CT molecular complexity index is 966. The highest BCUT2D eigenvalue weighted by Crippen LogP contribution is 2.52. The van der Waals surface area contributed by atoms with Crippen LogP contribution in [0.4, 0.5) is 9.18 Å². The van der Waals surface area contributed by atoms with Crippen LogP contribution in [0.25, 0.3) is 5.52 Å². The summed E-state index contributed by atoms with van der Waals surface area (Å²) in [4.78, 5) is 31.1. The molecule has 3 atom stereocenters. The number of amides is 2. The van der Waals surface area contributed by atoms with Gasteiger partial charge in [0.05, 0.1) is 11.7 Å². The number of fused-ring (bicyclic) bond motifs is 2. The molecular weight excluding hydrogens is 375 g/mol. The Balaban J connectivity index is 1.40. The number of likely N-dealkylation sites (tertiary alicyclic amines) is 1. The molecule has 0 unspecified atom stereocenters. The molecule has 2 aliphatic rings. The molecular formula is C21H27FN4O3. The Morgan fingerprint density at radius 2 is 1.86 bits per heavy atom. The van der Waals surface area contributed by atoms with Crippen molar-refractivity contribution in [1.82, 2.24) is 19.6 Å². The number of imidazole rings is 1. The summed E-state index contributed by atoms with van der Waals surface area (Å²) in [6.07, 6.45) is 2.89. The highest BCUT2D eigenvalue weighted by atomic mass is 19.1. The lowest BCUT2D eigenvalue weighted by molar-refractivity contribution is -0.125. The van der Waals surface area contributed by atoms with Crippen molar-refractivity contribution in [2.24, 2.45) is 17.8 Å². The van der Waals surface area contributed by atoms with Gasteiger partial charge in [-0.15, -0.1) is 0 Å². The summed E-state index contributed by atoms with van der Waals surface area (Å²) in [5.41, 5.74) is -0.919. The molecule has 29 heavy (non-hydrogen) atoms. The first-order valence-corrected chi connectivity index (χ1v) is 9.90. The van der Waals surface area contributed by atoms with E-state index in [4.69, 9.17) is 4.74 Å². The van der Waals surface area contributed by atoms with Crippen LogP contribution in [0.2, 0.25) is 0 Å². The Hall–Kier alpha value is -2.64. The number of piperidine rings is 1. The molecule has 1 aliphatic carbocycles. The quantitative estimate of drug-likeness (QED) is 0.857. The minimum Gasteiger partial charge on any atom is -0.444 e. The number of nitrogens with zero attached hydrogens (tertiary/aromatic N) is 3. The van der Waals surface area contributed by atoms with Gasteiger partial charge in [0.1, 0.15) is 22.8 Å². The average Bonchev–Trinajstić information content (AvgIpc) is 2.96. The van der Waals surface area contributed by atoms with Crippen molar-refractivity contribution in [3.05, 3.63) is 36.2 Å². The van der Waals surface area contributed by atoms with Crippen LogP contribution in [-0.4, -0.2) is 45.0 Å². The fraction of sp³-hybridized carbons (Fsp3) is 0.571. The normalized spacial score (nSPS) is 23.8. The molecule has 3 heterocycles. The van der Waals surface area contributed by atoms with Gasteiger partial charge in [-0.25, -0.2) is 14.2 Å². The summed E-state index contributed by atoms with van der Waals surface area (Å²) in [7, 11) is 0. The van der Waals surface area contributed by atoms with Gasteiger partial charge in [-0.05, 0) is 58.6 Å². The zero-order chi connectivity index (χ0) is 21.1. The minimum atomic E-state index is -0.765. The number of pyridine rings is 1. The Labute approximate surface area is 169 Å². The molecule has 0 spiro atoms. The standard InChI is InChI=1S/C21H27FN4O3/c1-20(2,3)29-19(28)25-10-12-13(11-25)16(12)17(27)24-21(4,5)18-23-9-15-14(22)7-6-8-26(15)18/h6-9,12-13,16H,10-11H2,1-5H3,(H,24,27)/t12-,13+,16+. The maximum Gasteiger partial charge on any atom is 0.410 e. The van der Waals surface area contributed by atoms with E-state index >= 15 is 0 Å². The smallest absolute Gasteiger partial charge is 0.410 e. The highest BCUT2D eigenvalue weighted by Gasteiger charge is 2.61. The molecule has 1 aliphatic heterocycles. The van der Waals surface area contributed by atoms with E-state index in [0.717, 1.165) is 0 Å². The number of rotatable bonds is 3. The Morgan fingerprint density at radius 1 is 1.21 bits per heavy atom. The van der Waals surface area contributed by atoms with Gasteiger partial charge in [0, 0.05) is 25.2 Å². The molecule has 0 aromatic carbocycles. The zero-order valence-corrected chi connectivity index (χ0v) is 17.4. The van der Waals surface area contributed by atoms with E-state index in [-0.39, 0.29) is 35.6 Å². The van der Waals surface area contributed by atoms with Gasteiger partial charge >= 0.3 is 6.09 Å². The lowest BCUT2D eigenvalue weighted by Gasteiger charge is -2.27. The number of ether oxygens (including phenoxy) is 1. The number of carbonyl (C=O) groups is 2. The first kappa shape index (κ1) is 19.7. The third-order valence-corrected chi connectivity index (χ3v) is 5.66. The molecule has 8 heteroatoms. The molecule has 2 fully saturated rings. The molecule has 2 aromatic heterocycles. The van der Waals surface area contributed by atoms with Crippen LogP contribution < -0.4 is 5.32 Å². The van der Waals surface area contributed by atoms with Crippen molar-refractivity contribution in [3.8, 4) is 0 Å². The Kier molecular flexibility index (Phi) is 4.36. The molecule has 2 aromatic rings. The molecule has 0 bridgehead atoms. The third kappa shape index (κ3) is 3.56. The molecule has 1 saturated carbocycles. The molecule has 1 N–H and O–H groups in total. The van der Waals surface area contributed by atoms with Crippen LogP contribution in [0.15, 0.2) is 24.5 Å². The Morgan fingerprint density at radius 3 is 2.48 bits per heavy atom. The van der Waals surface area contributed by atoms with E-state index in [1.807, 2.05) is 34.6 Å². The van der Waals surface area contributed by atoms with E-state index < -0.39 is 11.1 Å². The summed E-state index contributed by atoms with van der Waals surface area (Å²) in [5, 5.41) is 3.06. The maximum atomic E-state index is 14.0. The van der Waals surface area contributed by atoms with E-state index in [1.54, 1.807) is 21.6 Å². The number of aromatic nitrogens is 2. The molecule has 7 nitrogen and oxygen atoms in total. The zero-order valence-electron chi connectivity index (χ0n) is 17.4. The summed E-state index contributed by atoms with van der Waals surface area (Å²) in [6, 6.07) is 3.00. The van der Waals surface area contributed by atoms with Crippen molar-refractivity contribution >= 4 is 17.5 Å². The van der Waals surface area contributed by atoms with E-state index in [9.17, 15) is 14.0 Å². The summed E-state index contributed by atoms with van der Waals surface area (Å²) < 4.78 is 21.0. The van der Waals surface area contributed by atoms with Crippen LogP contribution in [0.3, 0.4) is 0 Å². The van der Waals surface area contributed by atoms with Gasteiger partial charge in [0.15, 0.2) is 0 Å². The number of nitrogens with one attached hydrogen (secondary N) is 1. The van der Waals surface area contributed by atoms with Crippen LogP contribution in [-0.2, 0) is 15.1 Å². The van der Waals surface area contributed by atoms with Gasteiger partial charge in [-0.3, -0.25) is 9.20 Å². The molecule has 2 amide bonds. The van der Waals surface area contributed by atoms with Crippen LogP contribution in [0.1, 0.15) is 40.4 Å². The van der Waals surface area contributed by atoms with Gasteiger partial charge < -0.3 is 15.0 Å². The first-order chi connectivity index (χ1) is 13.5. The number of halogens is 1. The summed E-state index contributed by atoms with van der Waals surface area (Å²) >= 11 is 0. The molecule has 156 valence electrons.